The van der Waals surface area contributed by atoms with Gasteiger partial charge in [0.1, 0.15) is 22.8 Å². The van der Waals surface area contributed by atoms with E-state index in [1.54, 1.807) is 0 Å². The Bertz CT molecular complexity index is 395. The van der Waals surface area contributed by atoms with Crippen molar-refractivity contribution in [3.8, 4) is 5.75 Å². The second-order valence-corrected chi connectivity index (χ2v) is 4.94. The maximum Gasteiger partial charge on any atom is 0.159 e. The minimum absolute atomic E-state index is 0.00351. The third-order valence-electron chi connectivity index (χ3n) is 1.80. The molecule has 0 aliphatic heterocycles. The van der Waals surface area contributed by atoms with E-state index in [2.05, 4.69) is 0 Å². The molecule has 1 atom stereocenters. The predicted molar refractivity (Wildman–Crippen MR) is 70.1 cm³/mol. The number of hydrogen-bond donors (Lipinski definition) is 2. The maximum atomic E-state index is 9.14. The highest BCUT2D eigenvalue weighted by Crippen LogP contribution is 2.48. The van der Waals surface area contributed by atoms with Crippen molar-refractivity contribution in [1.82, 2.24) is 0 Å². The summed E-state index contributed by atoms with van der Waals surface area (Å²) in [5.41, 5.74) is 0. The molecule has 0 aliphatic rings. The lowest BCUT2D eigenvalue weighted by Crippen LogP contribution is -2.21. The first-order chi connectivity index (χ1) is 7.90. The Labute approximate surface area is 123 Å². The van der Waals surface area contributed by atoms with Gasteiger partial charge in [0, 0.05) is 0 Å². The van der Waals surface area contributed by atoms with Crippen molar-refractivity contribution in [2.75, 3.05) is 13.2 Å². The molecule has 1 aromatic carbocycles. The van der Waals surface area contributed by atoms with E-state index in [1.807, 2.05) is 0 Å². The number of rotatable bonds is 4. The summed E-state index contributed by atoms with van der Waals surface area (Å²) in [6.45, 7) is -0.658. The highest BCUT2D eigenvalue weighted by molar-refractivity contribution is 6.55. The third kappa shape index (κ3) is 3.44. The van der Waals surface area contributed by atoms with Crippen molar-refractivity contribution >= 4 is 58.0 Å². The van der Waals surface area contributed by atoms with Crippen molar-refractivity contribution in [2.24, 2.45) is 0 Å². The van der Waals surface area contributed by atoms with E-state index in [-0.39, 0.29) is 37.5 Å². The SMILES string of the molecule is OC[C@H](O)COc1c(Cl)c(Cl)c(Cl)c(Cl)c1Cl. The standard InChI is InChI=1S/C9H7Cl5O3/c10-4-5(11)7(13)9(8(14)6(4)12)17-2-3(16)1-15/h3,15-16H,1-2H2/t3-/m0/s1. The van der Waals surface area contributed by atoms with Crippen LogP contribution in [0.2, 0.25) is 25.1 Å². The smallest absolute Gasteiger partial charge is 0.159 e. The zero-order chi connectivity index (χ0) is 13.2. The maximum absolute atomic E-state index is 9.14. The Morgan fingerprint density at radius 1 is 0.882 bits per heavy atom. The number of aliphatic hydroxyl groups excluding tert-OH is 2. The molecule has 0 bridgehead atoms. The molecule has 1 aromatic rings. The topological polar surface area (TPSA) is 49.7 Å². The van der Waals surface area contributed by atoms with Crippen molar-refractivity contribution in [2.45, 2.75) is 6.10 Å². The molecule has 0 saturated carbocycles. The summed E-state index contributed by atoms with van der Waals surface area (Å²) in [7, 11) is 0. The largest absolute Gasteiger partial charge is 0.488 e. The van der Waals surface area contributed by atoms with Crippen molar-refractivity contribution < 1.29 is 14.9 Å². The van der Waals surface area contributed by atoms with Gasteiger partial charge >= 0.3 is 0 Å². The van der Waals surface area contributed by atoms with Gasteiger partial charge in [-0.1, -0.05) is 58.0 Å². The molecule has 96 valence electrons. The first-order valence-corrected chi connectivity index (χ1v) is 6.22. The molecule has 0 heterocycles. The van der Waals surface area contributed by atoms with E-state index in [4.69, 9.17) is 73.0 Å². The van der Waals surface area contributed by atoms with Crippen molar-refractivity contribution in [3.05, 3.63) is 25.1 Å². The molecular formula is C9H7Cl5O3. The minimum atomic E-state index is -1.06. The Balaban J connectivity index is 3.07. The highest BCUT2D eigenvalue weighted by atomic mass is 35.5. The Kier molecular flexibility index (Phi) is 5.93. The van der Waals surface area contributed by atoms with E-state index < -0.39 is 12.7 Å². The van der Waals surface area contributed by atoms with Gasteiger partial charge in [-0.3, -0.25) is 0 Å². The van der Waals surface area contributed by atoms with Crippen LogP contribution in [0.3, 0.4) is 0 Å². The summed E-state index contributed by atoms with van der Waals surface area (Å²) in [5.74, 6) is 0.0141. The molecule has 0 unspecified atom stereocenters. The van der Waals surface area contributed by atoms with Gasteiger partial charge in [0.15, 0.2) is 5.75 Å². The fourth-order valence-corrected chi connectivity index (χ4v) is 2.17. The van der Waals surface area contributed by atoms with Gasteiger partial charge in [-0.2, -0.15) is 0 Å². The summed E-state index contributed by atoms with van der Waals surface area (Å²) in [4.78, 5) is 0. The average Bonchev–Trinajstić information content (AvgIpc) is 2.33. The van der Waals surface area contributed by atoms with E-state index in [0.29, 0.717) is 0 Å². The van der Waals surface area contributed by atoms with Crippen LogP contribution in [0.15, 0.2) is 0 Å². The zero-order valence-electron chi connectivity index (χ0n) is 8.18. The van der Waals surface area contributed by atoms with Gasteiger partial charge < -0.3 is 14.9 Å². The van der Waals surface area contributed by atoms with Crippen LogP contribution in [0.25, 0.3) is 0 Å². The zero-order valence-corrected chi connectivity index (χ0v) is 12.0. The fraction of sp³-hybridized carbons (Fsp3) is 0.333. The van der Waals surface area contributed by atoms with E-state index >= 15 is 0 Å². The molecule has 0 aromatic heterocycles. The number of hydrogen-bond acceptors (Lipinski definition) is 3. The first-order valence-electron chi connectivity index (χ1n) is 4.33. The highest BCUT2D eigenvalue weighted by Gasteiger charge is 2.21. The minimum Gasteiger partial charge on any atom is -0.488 e. The molecule has 2 N–H and O–H groups in total. The predicted octanol–water partition coefficient (Wildman–Crippen LogP) is 3.69. The Morgan fingerprint density at radius 2 is 1.29 bits per heavy atom. The molecule has 0 radical (unpaired) electrons. The van der Waals surface area contributed by atoms with Gasteiger partial charge in [0.25, 0.3) is 0 Å². The molecule has 0 spiro atoms. The van der Waals surface area contributed by atoms with E-state index in [0.717, 1.165) is 0 Å². The van der Waals surface area contributed by atoms with Crippen LogP contribution >= 0.6 is 58.0 Å². The van der Waals surface area contributed by atoms with Gasteiger partial charge in [-0.15, -0.1) is 0 Å². The van der Waals surface area contributed by atoms with Crippen LogP contribution in [0.5, 0.6) is 5.75 Å². The van der Waals surface area contributed by atoms with E-state index in [9.17, 15) is 0 Å². The monoisotopic (exact) mass is 338 g/mol. The summed E-state index contributed by atoms with van der Waals surface area (Å²) in [6, 6.07) is 0. The summed E-state index contributed by atoms with van der Waals surface area (Å²) in [5, 5.41) is 17.8. The van der Waals surface area contributed by atoms with Gasteiger partial charge in [0.2, 0.25) is 0 Å². The lowest BCUT2D eigenvalue weighted by Gasteiger charge is -2.15. The molecule has 0 amide bonds. The molecule has 8 heteroatoms. The lowest BCUT2D eigenvalue weighted by atomic mass is 10.3. The van der Waals surface area contributed by atoms with Crippen LogP contribution in [0, 0.1) is 0 Å². The summed E-state index contributed by atoms with van der Waals surface area (Å²) in [6.07, 6.45) is -1.06. The molecule has 0 fully saturated rings. The van der Waals surface area contributed by atoms with Crippen LogP contribution in [0.4, 0.5) is 0 Å². The molecule has 0 saturated heterocycles. The average molecular weight is 340 g/mol. The molecule has 3 nitrogen and oxygen atoms in total. The van der Waals surface area contributed by atoms with Crippen molar-refractivity contribution in [3.63, 3.8) is 0 Å². The third-order valence-corrected chi connectivity index (χ3v) is 4.04. The molecular weight excluding hydrogens is 333 g/mol. The fourth-order valence-electron chi connectivity index (χ4n) is 0.944. The number of aliphatic hydroxyl groups is 2. The number of ether oxygens (including phenoxy) is 1. The van der Waals surface area contributed by atoms with Gasteiger partial charge in [-0.05, 0) is 0 Å². The number of halogens is 5. The molecule has 1 rings (SSSR count). The van der Waals surface area contributed by atoms with Crippen molar-refractivity contribution in [1.29, 1.82) is 0 Å². The number of benzene rings is 1. The van der Waals surface area contributed by atoms with Crippen LogP contribution in [0.1, 0.15) is 0 Å². The van der Waals surface area contributed by atoms with E-state index in [1.165, 1.54) is 0 Å². The van der Waals surface area contributed by atoms with Crippen LogP contribution in [-0.2, 0) is 0 Å². The molecule has 0 aliphatic carbocycles. The second-order valence-electron chi connectivity index (χ2n) is 3.05. The second kappa shape index (κ2) is 6.53. The Morgan fingerprint density at radius 3 is 1.71 bits per heavy atom. The quantitative estimate of drug-likeness (QED) is 0.649. The summed E-state index contributed by atoms with van der Waals surface area (Å²) < 4.78 is 5.14. The summed E-state index contributed by atoms with van der Waals surface area (Å²) >= 11 is 29.1. The van der Waals surface area contributed by atoms with Crippen LogP contribution < -0.4 is 4.74 Å². The Hall–Kier alpha value is 0.390. The van der Waals surface area contributed by atoms with Gasteiger partial charge in [-0.25, -0.2) is 0 Å². The van der Waals surface area contributed by atoms with Gasteiger partial charge in [0.05, 0.1) is 21.7 Å². The lowest BCUT2D eigenvalue weighted by molar-refractivity contribution is 0.0537. The first kappa shape index (κ1) is 15.4. The molecule has 17 heavy (non-hydrogen) atoms. The van der Waals surface area contributed by atoms with Crippen LogP contribution in [-0.4, -0.2) is 29.5 Å². The normalized spacial score (nSPS) is 12.6.